The van der Waals surface area contributed by atoms with Crippen LogP contribution in [0.25, 0.3) is 0 Å². The topological polar surface area (TPSA) is 106 Å². The molecule has 34 heavy (non-hydrogen) atoms. The summed E-state index contributed by atoms with van der Waals surface area (Å²) in [5.41, 5.74) is 6.88. The van der Waals surface area contributed by atoms with Gasteiger partial charge in [0.1, 0.15) is 5.75 Å². The third-order valence-electron chi connectivity index (χ3n) is 6.33. The maximum atomic E-state index is 12.9. The molecule has 0 aliphatic rings. The van der Waals surface area contributed by atoms with Crippen molar-refractivity contribution in [2.75, 3.05) is 33.4 Å². The van der Waals surface area contributed by atoms with Crippen molar-refractivity contribution >= 4 is 5.91 Å². The molecule has 0 saturated heterocycles. The summed E-state index contributed by atoms with van der Waals surface area (Å²) in [6, 6.07) is 7.34. The van der Waals surface area contributed by atoms with Crippen LogP contribution in [0.15, 0.2) is 24.3 Å². The van der Waals surface area contributed by atoms with Crippen LogP contribution in [-0.4, -0.2) is 62.6 Å². The Morgan fingerprint density at radius 3 is 2.47 bits per heavy atom. The number of ether oxygens (including phenoxy) is 2. The third kappa shape index (κ3) is 12.2. The first-order valence-electron chi connectivity index (χ1n) is 13.0. The van der Waals surface area contributed by atoms with E-state index in [1.807, 2.05) is 18.2 Å². The van der Waals surface area contributed by atoms with E-state index in [9.17, 15) is 9.90 Å². The molecule has 1 amide bonds. The molecule has 1 aromatic carbocycles. The highest BCUT2D eigenvalue weighted by Crippen LogP contribution is 2.20. The molecule has 0 spiro atoms. The van der Waals surface area contributed by atoms with E-state index < -0.39 is 6.10 Å². The van der Waals surface area contributed by atoms with Crippen LogP contribution < -0.4 is 21.1 Å². The van der Waals surface area contributed by atoms with Gasteiger partial charge in [-0.25, -0.2) is 0 Å². The molecule has 0 saturated carbocycles. The molecule has 7 nitrogen and oxygen atoms in total. The largest absolute Gasteiger partial charge is 0.493 e. The Labute approximate surface area is 207 Å². The lowest BCUT2D eigenvalue weighted by Gasteiger charge is -2.28. The number of nitrogens with two attached hydrogens (primary N) is 1. The molecule has 0 radical (unpaired) electrons. The van der Waals surface area contributed by atoms with Gasteiger partial charge in [0.05, 0.1) is 18.3 Å². The van der Waals surface area contributed by atoms with Crippen LogP contribution in [0.5, 0.6) is 5.75 Å². The summed E-state index contributed by atoms with van der Waals surface area (Å²) in [7, 11) is 1.69. The number of carbonyl (C=O) groups excluding carboxylic acids is 1. The van der Waals surface area contributed by atoms with E-state index in [2.05, 4.69) is 38.3 Å². The van der Waals surface area contributed by atoms with Gasteiger partial charge in [0.15, 0.2) is 0 Å². The fraction of sp³-hybridized carbons (Fsp3) is 0.741. The SMILES string of the molecule is CCCC[C@H](C)NC[C@H](O)[C@@H](N)C[C@H](CNC(=O)c1ccccc1OCCCCOC)C(C)C. The zero-order valence-electron chi connectivity index (χ0n) is 22.0. The highest BCUT2D eigenvalue weighted by Gasteiger charge is 2.23. The van der Waals surface area contributed by atoms with Crippen LogP contribution in [0, 0.1) is 11.8 Å². The number of hydrogen-bond acceptors (Lipinski definition) is 6. The normalized spacial score (nSPS) is 15.1. The van der Waals surface area contributed by atoms with E-state index in [4.69, 9.17) is 15.2 Å². The van der Waals surface area contributed by atoms with Crippen LogP contribution in [0.4, 0.5) is 0 Å². The maximum Gasteiger partial charge on any atom is 0.255 e. The van der Waals surface area contributed by atoms with Crippen LogP contribution in [-0.2, 0) is 4.74 Å². The average molecular weight is 480 g/mol. The summed E-state index contributed by atoms with van der Waals surface area (Å²) >= 11 is 0. The summed E-state index contributed by atoms with van der Waals surface area (Å²) in [6.07, 6.45) is 5.24. The van der Waals surface area contributed by atoms with Gasteiger partial charge >= 0.3 is 0 Å². The Morgan fingerprint density at radius 1 is 1.09 bits per heavy atom. The van der Waals surface area contributed by atoms with Gasteiger partial charge in [-0.1, -0.05) is 45.7 Å². The molecule has 1 aromatic rings. The van der Waals surface area contributed by atoms with Crippen molar-refractivity contribution in [1.82, 2.24) is 10.6 Å². The van der Waals surface area contributed by atoms with Crippen molar-refractivity contribution < 1.29 is 19.4 Å². The van der Waals surface area contributed by atoms with Gasteiger partial charge in [0, 0.05) is 38.9 Å². The lowest BCUT2D eigenvalue weighted by Crippen LogP contribution is -2.46. The number of rotatable bonds is 19. The molecule has 0 fully saturated rings. The number of methoxy groups -OCH3 is 1. The molecule has 196 valence electrons. The third-order valence-corrected chi connectivity index (χ3v) is 6.33. The predicted molar refractivity (Wildman–Crippen MR) is 139 cm³/mol. The van der Waals surface area contributed by atoms with Crippen molar-refractivity contribution in [2.45, 2.75) is 84.4 Å². The molecule has 1 rings (SSSR count). The Kier molecular flexibility index (Phi) is 15.8. The van der Waals surface area contributed by atoms with Crippen molar-refractivity contribution in [2.24, 2.45) is 17.6 Å². The molecule has 7 heteroatoms. The standard InChI is InChI=1S/C27H49N3O4/c1-6-7-12-21(4)29-19-25(31)24(28)17-22(20(2)3)18-30-27(32)23-13-8-9-14-26(23)34-16-11-10-15-33-5/h8-9,13-14,20-22,24-25,29,31H,6-7,10-12,15-19,28H2,1-5H3,(H,30,32)/t21-,22+,24-,25-/m0/s1. The minimum absolute atomic E-state index is 0.154. The molecule has 0 heterocycles. The average Bonchev–Trinajstić information content (AvgIpc) is 2.83. The molecule has 5 N–H and O–H groups in total. The number of para-hydroxylation sites is 1. The van der Waals surface area contributed by atoms with Gasteiger partial charge in [-0.05, 0) is 56.6 Å². The minimum Gasteiger partial charge on any atom is -0.493 e. The molecular formula is C27H49N3O4. The van der Waals surface area contributed by atoms with Gasteiger partial charge in [-0.3, -0.25) is 4.79 Å². The van der Waals surface area contributed by atoms with Crippen LogP contribution in [0.3, 0.4) is 0 Å². The van der Waals surface area contributed by atoms with E-state index in [1.54, 1.807) is 13.2 Å². The fourth-order valence-electron chi connectivity index (χ4n) is 3.81. The first kappa shape index (κ1) is 30.4. The lowest BCUT2D eigenvalue weighted by molar-refractivity contribution is 0.0926. The van der Waals surface area contributed by atoms with E-state index in [0.29, 0.717) is 56.0 Å². The Hall–Kier alpha value is -1.67. The predicted octanol–water partition coefficient (Wildman–Crippen LogP) is 3.74. The minimum atomic E-state index is -0.617. The number of benzene rings is 1. The molecule has 4 atom stereocenters. The second-order valence-corrected chi connectivity index (χ2v) is 9.68. The first-order chi connectivity index (χ1) is 16.3. The molecule has 0 unspecified atom stereocenters. The van der Waals surface area contributed by atoms with Gasteiger partial charge in [0.2, 0.25) is 0 Å². The zero-order chi connectivity index (χ0) is 25.3. The molecule has 0 aliphatic carbocycles. The number of hydrogen-bond donors (Lipinski definition) is 4. The van der Waals surface area contributed by atoms with Crippen LogP contribution in [0.1, 0.15) is 76.6 Å². The highest BCUT2D eigenvalue weighted by molar-refractivity contribution is 5.96. The molecule has 0 aliphatic heterocycles. The zero-order valence-corrected chi connectivity index (χ0v) is 22.0. The Balaban J connectivity index is 2.57. The van der Waals surface area contributed by atoms with Crippen molar-refractivity contribution in [1.29, 1.82) is 0 Å². The smallest absolute Gasteiger partial charge is 0.255 e. The summed E-state index contributed by atoms with van der Waals surface area (Å²) < 4.78 is 10.9. The maximum absolute atomic E-state index is 12.9. The van der Waals surface area contributed by atoms with Gasteiger partial charge < -0.3 is 30.9 Å². The summed E-state index contributed by atoms with van der Waals surface area (Å²) in [6.45, 7) is 10.8. The number of amides is 1. The quantitative estimate of drug-likeness (QED) is 0.225. The van der Waals surface area contributed by atoms with Crippen molar-refractivity contribution in [3.05, 3.63) is 29.8 Å². The summed E-state index contributed by atoms with van der Waals surface area (Å²) in [4.78, 5) is 12.9. The van der Waals surface area contributed by atoms with E-state index in [0.717, 1.165) is 19.3 Å². The second kappa shape index (κ2) is 17.7. The number of aliphatic hydroxyl groups excluding tert-OH is 1. The monoisotopic (exact) mass is 479 g/mol. The van der Waals surface area contributed by atoms with Gasteiger partial charge in [-0.2, -0.15) is 0 Å². The molecule has 0 bridgehead atoms. The van der Waals surface area contributed by atoms with Gasteiger partial charge in [-0.15, -0.1) is 0 Å². The van der Waals surface area contributed by atoms with E-state index in [1.165, 1.54) is 12.8 Å². The van der Waals surface area contributed by atoms with Gasteiger partial charge in [0.25, 0.3) is 5.91 Å². The highest BCUT2D eigenvalue weighted by atomic mass is 16.5. The Bertz CT molecular complexity index is 671. The van der Waals surface area contributed by atoms with Crippen molar-refractivity contribution in [3.63, 3.8) is 0 Å². The summed E-state index contributed by atoms with van der Waals surface area (Å²) in [5.74, 6) is 0.920. The second-order valence-electron chi connectivity index (χ2n) is 9.68. The number of unbranched alkanes of at least 4 members (excludes halogenated alkanes) is 2. The van der Waals surface area contributed by atoms with E-state index >= 15 is 0 Å². The molecular weight excluding hydrogens is 430 g/mol. The first-order valence-corrected chi connectivity index (χ1v) is 13.0. The molecule has 0 aromatic heterocycles. The summed E-state index contributed by atoms with van der Waals surface area (Å²) in [5, 5.41) is 17.0. The number of carbonyl (C=O) groups is 1. The lowest BCUT2D eigenvalue weighted by atomic mass is 9.87. The van der Waals surface area contributed by atoms with Crippen LogP contribution >= 0.6 is 0 Å². The number of aliphatic hydroxyl groups is 1. The van der Waals surface area contributed by atoms with E-state index in [-0.39, 0.29) is 17.9 Å². The van der Waals surface area contributed by atoms with Crippen LogP contribution in [0.2, 0.25) is 0 Å². The fourth-order valence-corrected chi connectivity index (χ4v) is 3.81. The Morgan fingerprint density at radius 2 is 1.79 bits per heavy atom. The number of nitrogens with one attached hydrogen (secondary N) is 2. The van der Waals surface area contributed by atoms with Crippen molar-refractivity contribution in [3.8, 4) is 5.75 Å².